The maximum absolute atomic E-state index is 11.2. The Kier molecular flexibility index (Phi) is 5.17. The van der Waals surface area contributed by atoms with Crippen LogP contribution in [0.25, 0.3) is 0 Å². The number of benzene rings is 2. The maximum Gasteiger partial charge on any atom is 0.250 e. The molecule has 0 bridgehead atoms. The quantitative estimate of drug-likeness (QED) is 0.792. The molecule has 1 atom stereocenters. The van der Waals surface area contributed by atoms with Crippen LogP contribution in [-0.2, 0) is 4.79 Å². The number of aryl methyl sites for hydroxylation is 2. The highest BCUT2D eigenvalue weighted by molar-refractivity contribution is 5.91. The molecular formula is C18H22N2O2. The van der Waals surface area contributed by atoms with Gasteiger partial charge in [0, 0.05) is 17.4 Å². The van der Waals surface area contributed by atoms with Crippen molar-refractivity contribution in [3.8, 4) is 0 Å². The Morgan fingerprint density at radius 2 is 1.82 bits per heavy atom. The van der Waals surface area contributed by atoms with E-state index >= 15 is 0 Å². The minimum atomic E-state index is -0.517. The Hall–Kier alpha value is -2.33. The van der Waals surface area contributed by atoms with E-state index in [0.717, 1.165) is 5.69 Å². The summed E-state index contributed by atoms with van der Waals surface area (Å²) in [6.07, 6.45) is 0. The Morgan fingerprint density at radius 3 is 2.50 bits per heavy atom. The zero-order valence-electron chi connectivity index (χ0n) is 13.2. The molecule has 4 nitrogen and oxygen atoms in total. The molecule has 0 saturated heterocycles. The van der Waals surface area contributed by atoms with Crippen LogP contribution in [0.3, 0.4) is 0 Å². The van der Waals surface area contributed by atoms with Gasteiger partial charge in [0.1, 0.15) is 6.61 Å². The summed E-state index contributed by atoms with van der Waals surface area (Å²) in [5.41, 5.74) is 5.35. The third-order valence-electron chi connectivity index (χ3n) is 3.70. The van der Waals surface area contributed by atoms with Crippen molar-refractivity contribution in [2.45, 2.75) is 26.8 Å². The fourth-order valence-electron chi connectivity index (χ4n) is 2.25. The van der Waals surface area contributed by atoms with Gasteiger partial charge in [0.2, 0.25) is 5.91 Å². The number of carbonyl (C=O) groups is 1. The monoisotopic (exact) mass is 298 g/mol. The lowest BCUT2D eigenvalue weighted by Crippen LogP contribution is -2.15. The summed E-state index contributed by atoms with van der Waals surface area (Å²) in [5.74, 6) is -0.417. The first-order chi connectivity index (χ1) is 10.5. The zero-order valence-corrected chi connectivity index (χ0v) is 13.2. The van der Waals surface area contributed by atoms with Gasteiger partial charge in [0.15, 0.2) is 0 Å². The molecule has 1 amide bonds. The Morgan fingerprint density at radius 1 is 1.09 bits per heavy atom. The second-order valence-corrected chi connectivity index (χ2v) is 5.50. The zero-order chi connectivity index (χ0) is 16.1. The first kappa shape index (κ1) is 16.0. The summed E-state index contributed by atoms with van der Waals surface area (Å²) in [7, 11) is 0. The molecule has 22 heavy (non-hydrogen) atoms. The minimum Gasteiger partial charge on any atom is -0.387 e. The van der Waals surface area contributed by atoms with Crippen molar-refractivity contribution in [3.63, 3.8) is 0 Å². The van der Waals surface area contributed by atoms with Gasteiger partial charge < -0.3 is 15.7 Å². The van der Waals surface area contributed by atoms with Gasteiger partial charge in [0.05, 0.1) is 0 Å². The summed E-state index contributed by atoms with van der Waals surface area (Å²) in [6.45, 7) is 5.79. The molecule has 4 heteroatoms. The summed E-state index contributed by atoms with van der Waals surface area (Å²) in [5, 5.41) is 14.8. The van der Waals surface area contributed by atoms with E-state index in [1.807, 2.05) is 18.2 Å². The molecule has 0 saturated carbocycles. The van der Waals surface area contributed by atoms with E-state index in [2.05, 4.69) is 49.6 Å². The summed E-state index contributed by atoms with van der Waals surface area (Å²) >= 11 is 0. The average Bonchev–Trinajstić information content (AvgIpc) is 2.50. The second kappa shape index (κ2) is 7.09. The molecule has 0 spiro atoms. The molecular weight excluding hydrogens is 276 g/mol. The van der Waals surface area contributed by atoms with Crippen molar-refractivity contribution in [1.29, 1.82) is 0 Å². The molecule has 0 heterocycles. The van der Waals surface area contributed by atoms with Gasteiger partial charge in [0.25, 0.3) is 0 Å². The fourth-order valence-corrected chi connectivity index (χ4v) is 2.25. The molecule has 2 aromatic carbocycles. The number of amides is 1. The number of nitrogens with one attached hydrogen (secondary N) is 2. The van der Waals surface area contributed by atoms with E-state index in [4.69, 9.17) is 5.11 Å². The van der Waals surface area contributed by atoms with Crippen LogP contribution in [0, 0.1) is 13.8 Å². The Labute approximate surface area is 131 Å². The number of carbonyl (C=O) groups excluding carboxylic acids is 1. The predicted octanol–water partition coefficient (Wildman–Crippen LogP) is 3.41. The van der Waals surface area contributed by atoms with Crippen molar-refractivity contribution in [1.82, 2.24) is 0 Å². The third kappa shape index (κ3) is 4.09. The van der Waals surface area contributed by atoms with Crippen molar-refractivity contribution in [2.75, 3.05) is 17.2 Å². The Bertz CT molecular complexity index is 668. The van der Waals surface area contributed by atoms with Crippen molar-refractivity contribution in [3.05, 3.63) is 59.2 Å². The normalized spacial score (nSPS) is 11.8. The van der Waals surface area contributed by atoms with E-state index in [-0.39, 0.29) is 6.04 Å². The van der Waals surface area contributed by atoms with Crippen LogP contribution in [0.4, 0.5) is 11.4 Å². The lowest BCUT2D eigenvalue weighted by molar-refractivity contribution is -0.118. The highest BCUT2D eigenvalue weighted by atomic mass is 16.3. The van der Waals surface area contributed by atoms with Crippen LogP contribution in [0.15, 0.2) is 42.5 Å². The molecule has 3 N–H and O–H groups in total. The standard InChI is InChI=1S/C18H22N2O2/c1-12-7-8-15(9-13(12)2)14(3)19-16-5-4-6-17(10-16)20-18(22)11-21/h4-10,14,19,21H,11H2,1-3H3,(H,20,22). The minimum absolute atomic E-state index is 0.156. The smallest absolute Gasteiger partial charge is 0.250 e. The fraction of sp³-hybridized carbons (Fsp3) is 0.278. The highest BCUT2D eigenvalue weighted by Crippen LogP contribution is 2.23. The largest absolute Gasteiger partial charge is 0.387 e. The van der Waals surface area contributed by atoms with Crippen LogP contribution in [-0.4, -0.2) is 17.6 Å². The van der Waals surface area contributed by atoms with Crippen molar-refractivity contribution in [2.24, 2.45) is 0 Å². The predicted molar refractivity (Wildman–Crippen MR) is 90.1 cm³/mol. The second-order valence-electron chi connectivity index (χ2n) is 5.50. The number of aliphatic hydroxyl groups is 1. The van der Waals surface area contributed by atoms with Crippen molar-refractivity contribution >= 4 is 17.3 Å². The van der Waals surface area contributed by atoms with Crippen LogP contribution >= 0.6 is 0 Å². The lowest BCUT2D eigenvalue weighted by atomic mass is 10.0. The van der Waals surface area contributed by atoms with Gasteiger partial charge in [-0.25, -0.2) is 0 Å². The number of hydrogen-bond acceptors (Lipinski definition) is 3. The number of aliphatic hydroxyl groups excluding tert-OH is 1. The van der Waals surface area contributed by atoms with Crippen LogP contribution in [0.1, 0.15) is 29.7 Å². The van der Waals surface area contributed by atoms with Gasteiger partial charge in [-0.3, -0.25) is 4.79 Å². The highest BCUT2D eigenvalue weighted by Gasteiger charge is 2.07. The molecule has 0 fully saturated rings. The molecule has 116 valence electrons. The van der Waals surface area contributed by atoms with Gasteiger partial charge in [-0.2, -0.15) is 0 Å². The molecule has 2 aromatic rings. The number of anilines is 2. The van der Waals surface area contributed by atoms with Gasteiger partial charge >= 0.3 is 0 Å². The van der Waals surface area contributed by atoms with E-state index in [1.54, 1.807) is 6.07 Å². The van der Waals surface area contributed by atoms with E-state index in [0.29, 0.717) is 5.69 Å². The van der Waals surface area contributed by atoms with Gasteiger partial charge in [-0.1, -0.05) is 24.3 Å². The number of rotatable bonds is 5. The van der Waals surface area contributed by atoms with Crippen LogP contribution in [0.2, 0.25) is 0 Å². The first-order valence-corrected chi connectivity index (χ1v) is 7.34. The molecule has 0 radical (unpaired) electrons. The molecule has 0 aliphatic heterocycles. The van der Waals surface area contributed by atoms with Gasteiger partial charge in [-0.05, 0) is 55.7 Å². The molecule has 0 aromatic heterocycles. The first-order valence-electron chi connectivity index (χ1n) is 7.34. The SMILES string of the molecule is Cc1ccc(C(C)Nc2cccc(NC(=O)CO)c2)cc1C. The molecule has 0 aliphatic rings. The maximum atomic E-state index is 11.2. The molecule has 1 unspecified atom stereocenters. The summed E-state index contributed by atoms with van der Waals surface area (Å²) in [4.78, 5) is 11.2. The van der Waals surface area contributed by atoms with Gasteiger partial charge in [-0.15, -0.1) is 0 Å². The molecule has 2 rings (SSSR count). The topological polar surface area (TPSA) is 61.4 Å². The van der Waals surface area contributed by atoms with Crippen LogP contribution in [0.5, 0.6) is 0 Å². The molecule has 0 aliphatic carbocycles. The third-order valence-corrected chi connectivity index (χ3v) is 3.70. The van der Waals surface area contributed by atoms with Crippen molar-refractivity contribution < 1.29 is 9.90 Å². The van der Waals surface area contributed by atoms with E-state index in [1.165, 1.54) is 16.7 Å². The van der Waals surface area contributed by atoms with Crippen LogP contribution < -0.4 is 10.6 Å². The summed E-state index contributed by atoms with van der Waals surface area (Å²) < 4.78 is 0. The lowest BCUT2D eigenvalue weighted by Gasteiger charge is -2.17. The summed E-state index contributed by atoms with van der Waals surface area (Å²) in [6, 6.07) is 14.0. The number of hydrogen-bond donors (Lipinski definition) is 3. The van der Waals surface area contributed by atoms with E-state index < -0.39 is 12.5 Å². The Balaban J connectivity index is 2.10. The average molecular weight is 298 g/mol. The van der Waals surface area contributed by atoms with E-state index in [9.17, 15) is 4.79 Å².